The van der Waals surface area contributed by atoms with E-state index in [9.17, 15) is 5.11 Å². The Morgan fingerprint density at radius 2 is 2.19 bits per heavy atom. The van der Waals surface area contributed by atoms with Crippen molar-refractivity contribution < 1.29 is 9.84 Å². The Balaban J connectivity index is 2.71. The fourth-order valence-electron chi connectivity index (χ4n) is 1.21. The van der Waals surface area contributed by atoms with Crippen LogP contribution in [0.1, 0.15) is 36.6 Å². The molecule has 0 aliphatic rings. The lowest BCUT2D eigenvalue weighted by Gasteiger charge is -2.18. The number of aryl methyl sites for hydroxylation is 1. The van der Waals surface area contributed by atoms with E-state index in [4.69, 9.17) is 10.00 Å². The monoisotopic (exact) mass is 239 g/mol. The van der Waals surface area contributed by atoms with Crippen LogP contribution in [0, 0.1) is 11.3 Å². The summed E-state index contributed by atoms with van der Waals surface area (Å²) in [4.78, 5) is 2.15. The van der Waals surface area contributed by atoms with E-state index in [1.54, 1.807) is 25.2 Å². The molecular formula is C12H17NO2S. The lowest BCUT2D eigenvalue weighted by atomic mass is 10.2. The van der Waals surface area contributed by atoms with Gasteiger partial charge in [0, 0.05) is 9.75 Å². The molecule has 0 aromatic carbocycles. The highest BCUT2D eigenvalue weighted by Crippen LogP contribution is 2.27. The molecule has 1 N–H and O–H groups in total. The topological polar surface area (TPSA) is 53.2 Å². The molecule has 3 nitrogen and oxygen atoms in total. The largest absolute Gasteiger partial charge is 0.391 e. The van der Waals surface area contributed by atoms with E-state index in [1.165, 1.54) is 4.88 Å². The normalized spacial score (nSPS) is 16.4. The molecule has 16 heavy (non-hydrogen) atoms. The van der Waals surface area contributed by atoms with Crippen molar-refractivity contribution in [3.8, 4) is 6.07 Å². The lowest BCUT2D eigenvalue weighted by molar-refractivity contribution is -0.0415. The van der Waals surface area contributed by atoms with Crippen LogP contribution in [0.4, 0.5) is 0 Å². The van der Waals surface area contributed by atoms with Crippen LogP contribution in [0.3, 0.4) is 0 Å². The number of thiophene rings is 1. The van der Waals surface area contributed by atoms with Crippen molar-refractivity contribution in [2.75, 3.05) is 0 Å². The molecule has 88 valence electrons. The van der Waals surface area contributed by atoms with Gasteiger partial charge in [-0.1, -0.05) is 6.92 Å². The second-order valence-corrected chi connectivity index (χ2v) is 4.95. The van der Waals surface area contributed by atoms with Gasteiger partial charge in [0.25, 0.3) is 0 Å². The van der Waals surface area contributed by atoms with E-state index in [0.29, 0.717) is 0 Å². The third-order valence-corrected chi connectivity index (χ3v) is 3.71. The third-order valence-electron chi connectivity index (χ3n) is 2.44. The minimum atomic E-state index is -0.574. The van der Waals surface area contributed by atoms with E-state index < -0.39 is 12.2 Å². The Hall–Kier alpha value is -0.890. The number of aliphatic hydroxyl groups excluding tert-OH is 1. The van der Waals surface area contributed by atoms with Gasteiger partial charge in [-0.15, -0.1) is 11.3 Å². The van der Waals surface area contributed by atoms with Gasteiger partial charge in [-0.2, -0.15) is 5.26 Å². The molecule has 1 aromatic heterocycles. The molecule has 1 heterocycles. The predicted octanol–water partition coefficient (Wildman–Crippen LogP) is 2.66. The van der Waals surface area contributed by atoms with E-state index >= 15 is 0 Å². The molecular weight excluding hydrogens is 222 g/mol. The summed E-state index contributed by atoms with van der Waals surface area (Å²) in [5.74, 6) is 0. The number of hydrogen-bond donors (Lipinski definition) is 1. The highest BCUT2D eigenvalue weighted by atomic mass is 32.1. The second kappa shape index (κ2) is 6.00. The summed E-state index contributed by atoms with van der Waals surface area (Å²) >= 11 is 1.59. The molecule has 3 atom stereocenters. The number of hydrogen-bond acceptors (Lipinski definition) is 4. The van der Waals surface area contributed by atoms with Gasteiger partial charge in [0.1, 0.15) is 6.07 Å². The van der Waals surface area contributed by atoms with Gasteiger partial charge >= 0.3 is 0 Å². The molecule has 0 bridgehead atoms. The first-order valence-electron chi connectivity index (χ1n) is 5.40. The van der Waals surface area contributed by atoms with Crippen LogP contribution in [0.25, 0.3) is 0 Å². The smallest absolute Gasteiger partial charge is 0.178 e. The van der Waals surface area contributed by atoms with Gasteiger partial charge in [0.05, 0.1) is 12.2 Å². The van der Waals surface area contributed by atoms with Crippen molar-refractivity contribution in [2.45, 2.75) is 45.5 Å². The van der Waals surface area contributed by atoms with Crippen LogP contribution in [0.15, 0.2) is 12.1 Å². The van der Waals surface area contributed by atoms with Crippen LogP contribution >= 0.6 is 11.3 Å². The Morgan fingerprint density at radius 3 is 2.62 bits per heavy atom. The Bertz CT molecular complexity index is 367. The minimum Gasteiger partial charge on any atom is -0.391 e. The van der Waals surface area contributed by atoms with Crippen LogP contribution < -0.4 is 0 Å². The zero-order chi connectivity index (χ0) is 12.1. The maximum Gasteiger partial charge on any atom is 0.178 e. The SMILES string of the molecule is CCc1ccc(C(C#N)OC(C)C(C)O)s1. The molecule has 0 spiro atoms. The Labute approximate surface area is 100 Å². The number of rotatable bonds is 5. The zero-order valence-corrected chi connectivity index (χ0v) is 10.6. The van der Waals surface area contributed by atoms with Gasteiger partial charge < -0.3 is 9.84 Å². The number of aliphatic hydroxyl groups is 1. The molecule has 3 unspecified atom stereocenters. The van der Waals surface area contributed by atoms with Crippen molar-refractivity contribution in [3.05, 3.63) is 21.9 Å². The average Bonchev–Trinajstić information content (AvgIpc) is 2.73. The third kappa shape index (κ3) is 3.31. The molecule has 0 aliphatic heterocycles. The summed E-state index contributed by atoms with van der Waals surface area (Å²) in [6.07, 6.45) is -0.511. The fourth-order valence-corrected chi connectivity index (χ4v) is 2.15. The fraction of sp³-hybridized carbons (Fsp3) is 0.583. The summed E-state index contributed by atoms with van der Waals surface area (Å²) in [6, 6.07) is 6.06. The number of nitriles is 1. The molecule has 0 saturated heterocycles. The van der Waals surface area contributed by atoms with Crippen LogP contribution in [0.2, 0.25) is 0 Å². The highest BCUT2D eigenvalue weighted by molar-refractivity contribution is 7.12. The standard InChI is InChI=1S/C12H17NO2S/c1-4-10-5-6-12(16-10)11(7-13)15-9(3)8(2)14/h5-6,8-9,11,14H,4H2,1-3H3. The van der Waals surface area contributed by atoms with Crippen molar-refractivity contribution in [1.29, 1.82) is 5.26 Å². The number of ether oxygens (including phenoxy) is 1. The Morgan fingerprint density at radius 1 is 1.50 bits per heavy atom. The second-order valence-electron chi connectivity index (χ2n) is 3.75. The first kappa shape index (κ1) is 13.2. The summed E-state index contributed by atoms with van der Waals surface area (Å²) in [5, 5.41) is 18.4. The first-order valence-corrected chi connectivity index (χ1v) is 6.21. The maximum atomic E-state index is 9.33. The van der Waals surface area contributed by atoms with Gasteiger partial charge in [-0.3, -0.25) is 0 Å². The van der Waals surface area contributed by atoms with Crippen molar-refractivity contribution in [3.63, 3.8) is 0 Å². The number of nitrogens with zero attached hydrogens (tertiary/aromatic N) is 1. The molecule has 0 aliphatic carbocycles. The van der Waals surface area contributed by atoms with E-state index in [1.807, 2.05) is 12.1 Å². The van der Waals surface area contributed by atoms with E-state index in [-0.39, 0.29) is 6.10 Å². The first-order chi connectivity index (χ1) is 7.58. The summed E-state index contributed by atoms with van der Waals surface area (Å²) in [6.45, 7) is 5.50. The highest BCUT2D eigenvalue weighted by Gasteiger charge is 2.19. The van der Waals surface area contributed by atoms with E-state index in [0.717, 1.165) is 11.3 Å². The van der Waals surface area contributed by atoms with Gasteiger partial charge in [-0.25, -0.2) is 0 Å². The summed E-state index contributed by atoms with van der Waals surface area (Å²) in [5.41, 5.74) is 0. The van der Waals surface area contributed by atoms with Crippen LogP contribution in [-0.4, -0.2) is 17.3 Å². The lowest BCUT2D eigenvalue weighted by Crippen LogP contribution is -2.24. The zero-order valence-electron chi connectivity index (χ0n) is 9.80. The molecule has 4 heteroatoms. The molecule has 0 amide bonds. The molecule has 0 radical (unpaired) electrons. The van der Waals surface area contributed by atoms with Gasteiger partial charge in [-0.05, 0) is 32.4 Å². The van der Waals surface area contributed by atoms with Crippen molar-refractivity contribution >= 4 is 11.3 Å². The minimum absolute atomic E-state index is 0.336. The summed E-state index contributed by atoms with van der Waals surface area (Å²) < 4.78 is 5.50. The summed E-state index contributed by atoms with van der Waals surface area (Å²) in [7, 11) is 0. The van der Waals surface area contributed by atoms with Crippen LogP contribution in [0.5, 0.6) is 0 Å². The Kier molecular flexibility index (Phi) is 4.94. The van der Waals surface area contributed by atoms with E-state index in [2.05, 4.69) is 13.0 Å². The average molecular weight is 239 g/mol. The van der Waals surface area contributed by atoms with Gasteiger partial charge in [0.15, 0.2) is 6.10 Å². The molecule has 0 saturated carbocycles. The molecule has 1 rings (SSSR count). The maximum absolute atomic E-state index is 9.33. The van der Waals surface area contributed by atoms with Crippen LogP contribution in [-0.2, 0) is 11.2 Å². The predicted molar refractivity (Wildman–Crippen MR) is 64.3 cm³/mol. The quantitative estimate of drug-likeness (QED) is 0.859. The van der Waals surface area contributed by atoms with Crippen molar-refractivity contribution in [2.24, 2.45) is 0 Å². The molecule has 1 aromatic rings. The van der Waals surface area contributed by atoms with Gasteiger partial charge in [0.2, 0.25) is 0 Å². The van der Waals surface area contributed by atoms with Crippen molar-refractivity contribution in [1.82, 2.24) is 0 Å². The molecule has 0 fully saturated rings.